The van der Waals surface area contributed by atoms with E-state index in [0.29, 0.717) is 48.9 Å². The summed E-state index contributed by atoms with van der Waals surface area (Å²) in [7, 11) is 2.10. The van der Waals surface area contributed by atoms with Crippen molar-refractivity contribution < 1.29 is 14.3 Å². The van der Waals surface area contributed by atoms with Crippen molar-refractivity contribution in [2.75, 3.05) is 56.5 Å². The van der Waals surface area contributed by atoms with E-state index in [1.54, 1.807) is 29.3 Å². The molecule has 9 nitrogen and oxygen atoms in total. The van der Waals surface area contributed by atoms with Gasteiger partial charge in [0.15, 0.2) is 0 Å². The summed E-state index contributed by atoms with van der Waals surface area (Å²) in [6.45, 7) is 6.05. The van der Waals surface area contributed by atoms with E-state index in [4.69, 9.17) is 10.7 Å². The second-order valence-corrected chi connectivity index (χ2v) is 10.3. The molecule has 2 aliphatic rings. The zero-order valence-electron chi connectivity index (χ0n) is 21.3. The first-order valence-corrected chi connectivity index (χ1v) is 12.7. The number of rotatable bonds is 5. The van der Waals surface area contributed by atoms with Crippen LogP contribution in [-0.4, -0.2) is 77.2 Å². The van der Waals surface area contributed by atoms with Gasteiger partial charge in [0, 0.05) is 49.5 Å². The van der Waals surface area contributed by atoms with Gasteiger partial charge in [0.05, 0.1) is 16.9 Å². The van der Waals surface area contributed by atoms with Gasteiger partial charge in [-0.1, -0.05) is 0 Å². The van der Waals surface area contributed by atoms with Crippen molar-refractivity contribution in [3.05, 3.63) is 54.1 Å². The molecule has 5 rings (SSSR count). The molecule has 0 radical (unpaired) electrons. The maximum absolute atomic E-state index is 14.7. The molecule has 0 aliphatic carbocycles. The van der Waals surface area contributed by atoms with Gasteiger partial charge in [-0.25, -0.2) is 19.2 Å². The number of pyridine rings is 2. The summed E-state index contributed by atoms with van der Waals surface area (Å²) in [5.74, 6) is 0.203. The Bertz CT molecular complexity index is 1280. The van der Waals surface area contributed by atoms with Crippen LogP contribution in [0.2, 0.25) is 0 Å². The molecule has 2 saturated heterocycles. The molecule has 4 N–H and O–H groups in total. The Labute approximate surface area is 216 Å². The summed E-state index contributed by atoms with van der Waals surface area (Å²) < 4.78 is 14.7. The number of nitrogens with two attached hydrogens (primary N) is 1. The first kappa shape index (κ1) is 25.2. The van der Waals surface area contributed by atoms with Crippen molar-refractivity contribution in [1.29, 1.82) is 0 Å². The van der Waals surface area contributed by atoms with Crippen molar-refractivity contribution in [1.82, 2.24) is 19.8 Å². The minimum atomic E-state index is -1.04. The van der Waals surface area contributed by atoms with E-state index >= 15 is 0 Å². The molecule has 10 heteroatoms. The molecular weight excluding hydrogens is 473 g/mol. The molecule has 2 fully saturated rings. The molecule has 1 aromatic carbocycles. The second-order valence-electron chi connectivity index (χ2n) is 10.3. The highest BCUT2D eigenvalue weighted by Gasteiger charge is 2.36. The lowest BCUT2D eigenvalue weighted by molar-refractivity contribution is -0.0334. The van der Waals surface area contributed by atoms with E-state index in [0.717, 1.165) is 37.0 Å². The average Bonchev–Trinajstić information content (AvgIpc) is 2.90. The van der Waals surface area contributed by atoms with Crippen LogP contribution in [0.3, 0.4) is 0 Å². The number of anilines is 3. The number of amides is 2. The lowest BCUT2D eigenvalue weighted by Gasteiger charge is -2.38. The zero-order chi connectivity index (χ0) is 26.2. The van der Waals surface area contributed by atoms with Crippen LogP contribution in [0.5, 0.6) is 0 Å². The van der Waals surface area contributed by atoms with E-state index < -0.39 is 17.4 Å². The number of hydrogen-bond acceptors (Lipinski definition) is 7. The Morgan fingerprint density at radius 1 is 1.11 bits per heavy atom. The average molecular weight is 508 g/mol. The quantitative estimate of drug-likeness (QED) is 0.486. The second kappa shape index (κ2) is 10.1. The highest BCUT2D eigenvalue weighted by atomic mass is 19.1. The van der Waals surface area contributed by atoms with Gasteiger partial charge in [0.25, 0.3) is 0 Å². The van der Waals surface area contributed by atoms with Gasteiger partial charge in [-0.15, -0.1) is 0 Å². The van der Waals surface area contributed by atoms with Crippen LogP contribution >= 0.6 is 0 Å². The summed E-state index contributed by atoms with van der Waals surface area (Å²) >= 11 is 0. The predicted octanol–water partition coefficient (Wildman–Crippen LogP) is 3.26. The third-order valence-electron chi connectivity index (χ3n) is 7.77. The number of piperazine rings is 1. The van der Waals surface area contributed by atoms with Crippen LogP contribution in [-0.2, 0) is 5.60 Å². The first-order chi connectivity index (χ1) is 17.7. The van der Waals surface area contributed by atoms with E-state index in [9.17, 15) is 14.3 Å². The lowest BCUT2D eigenvalue weighted by atomic mass is 9.79. The molecule has 37 heavy (non-hydrogen) atoms. The monoisotopic (exact) mass is 507 g/mol. The van der Waals surface area contributed by atoms with E-state index in [-0.39, 0.29) is 5.92 Å². The molecule has 2 aromatic heterocycles. The van der Waals surface area contributed by atoms with Crippen molar-refractivity contribution >= 4 is 34.1 Å². The Balaban J connectivity index is 1.35. The van der Waals surface area contributed by atoms with Crippen LogP contribution in [0.1, 0.15) is 25.5 Å². The van der Waals surface area contributed by atoms with Gasteiger partial charge in [-0.05, 0) is 76.2 Å². The number of primary amides is 1. The summed E-state index contributed by atoms with van der Waals surface area (Å²) in [5.41, 5.74) is 6.81. The number of carbonyl (C=O) groups is 1. The number of aliphatic hydroxyl groups is 1. The first-order valence-electron chi connectivity index (χ1n) is 12.7. The fourth-order valence-corrected chi connectivity index (χ4v) is 5.28. The van der Waals surface area contributed by atoms with Gasteiger partial charge in [-0.3, -0.25) is 0 Å². The molecule has 2 amide bonds. The summed E-state index contributed by atoms with van der Waals surface area (Å²) in [6, 6.07) is 10.0. The lowest BCUT2D eigenvalue weighted by Crippen LogP contribution is -2.50. The number of urea groups is 1. The number of halogens is 1. The number of fused-ring (bicyclic) bond motifs is 1. The molecule has 4 heterocycles. The molecule has 0 spiro atoms. The molecule has 1 atom stereocenters. The van der Waals surface area contributed by atoms with Crippen LogP contribution in [0, 0.1) is 11.7 Å². The molecule has 0 saturated carbocycles. The van der Waals surface area contributed by atoms with Crippen molar-refractivity contribution in [2.24, 2.45) is 11.7 Å². The van der Waals surface area contributed by atoms with E-state index in [1.165, 1.54) is 6.07 Å². The summed E-state index contributed by atoms with van der Waals surface area (Å²) in [5, 5.41) is 15.3. The Hall–Kier alpha value is -3.50. The smallest absolute Gasteiger partial charge is 0.314 e. The van der Waals surface area contributed by atoms with Crippen molar-refractivity contribution in [2.45, 2.75) is 25.4 Å². The number of benzene rings is 1. The maximum Gasteiger partial charge on any atom is 0.314 e. The van der Waals surface area contributed by atoms with Crippen LogP contribution < -0.4 is 16.0 Å². The number of hydrogen-bond donors (Lipinski definition) is 3. The van der Waals surface area contributed by atoms with Crippen molar-refractivity contribution in [3.63, 3.8) is 0 Å². The normalized spacial score (nSPS) is 19.1. The Morgan fingerprint density at radius 2 is 1.84 bits per heavy atom. The number of likely N-dealkylation sites (tertiary alicyclic amines) is 1. The highest BCUT2D eigenvalue weighted by molar-refractivity contribution is 5.81. The van der Waals surface area contributed by atoms with Gasteiger partial charge in [0.1, 0.15) is 17.2 Å². The van der Waals surface area contributed by atoms with Gasteiger partial charge < -0.3 is 30.9 Å². The van der Waals surface area contributed by atoms with Gasteiger partial charge >= 0.3 is 6.03 Å². The molecule has 0 unspecified atom stereocenters. The number of aromatic nitrogens is 2. The van der Waals surface area contributed by atoms with E-state index in [1.807, 2.05) is 19.1 Å². The molecule has 2 aliphatic heterocycles. The third-order valence-corrected chi connectivity index (χ3v) is 7.77. The minimum absolute atomic E-state index is 0.134. The Morgan fingerprint density at radius 3 is 2.54 bits per heavy atom. The largest absolute Gasteiger partial charge is 0.384 e. The third kappa shape index (κ3) is 5.30. The fraction of sp³-hybridized carbons (Fsp3) is 0.444. The SMILES string of the molecule is CN1CCC([C@@](C)(O)c2ccc3cnc(Nc4cc(N5CCN(C(N)=O)CC5)ccc4F)cc3n2)CC1. The molecule has 196 valence electrons. The number of nitrogens with one attached hydrogen (secondary N) is 1. The Kier molecular flexibility index (Phi) is 6.87. The molecular formula is C27H34FN7O2. The summed E-state index contributed by atoms with van der Waals surface area (Å²) in [4.78, 5) is 26.6. The maximum atomic E-state index is 14.7. The minimum Gasteiger partial charge on any atom is -0.384 e. The van der Waals surface area contributed by atoms with Gasteiger partial charge in [0.2, 0.25) is 0 Å². The summed E-state index contributed by atoms with van der Waals surface area (Å²) in [6.07, 6.45) is 3.53. The number of carbonyl (C=O) groups excluding carboxylic acids is 1. The highest BCUT2D eigenvalue weighted by Crippen LogP contribution is 2.36. The fourth-order valence-electron chi connectivity index (χ4n) is 5.28. The van der Waals surface area contributed by atoms with Crippen LogP contribution in [0.15, 0.2) is 42.6 Å². The van der Waals surface area contributed by atoms with Gasteiger partial charge in [-0.2, -0.15) is 0 Å². The van der Waals surface area contributed by atoms with Crippen LogP contribution in [0.4, 0.5) is 26.4 Å². The zero-order valence-corrected chi connectivity index (χ0v) is 21.3. The number of nitrogens with zero attached hydrogens (tertiary/aromatic N) is 5. The number of piperidine rings is 1. The predicted molar refractivity (Wildman–Crippen MR) is 142 cm³/mol. The van der Waals surface area contributed by atoms with Crippen molar-refractivity contribution in [3.8, 4) is 0 Å². The topological polar surface area (TPSA) is 111 Å². The van der Waals surface area contributed by atoms with E-state index in [2.05, 4.69) is 27.1 Å². The molecule has 0 bridgehead atoms. The molecule has 3 aromatic rings. The standard InChI is InChI=1S/C27H34FN7O2/c1-27(37,19-7-9-33(2)10-8-19)24-6-3-18-17-30-25(16-22(18)31-24)32-23-15-20(4-5-21(23)28)34-11-13-35(14-12-34)26(29)36/h3-6,15-17,19,37H,7-14H2,1-2H3,(H2,29,36)(H,30,32)/t27-/m1/s1. The van der Waals surface area contributed by atoms with Crippen LogP contribution in [0.25, 0.3) is 10.9 Å².